The average molecular weight is 344 g/mol. The maximum Gasteiger partial charge on any atom is 0.416 e. The van der Waals surface area contributed by atoms with E-state index in [1.165, 1.54) is 18.2 Å². The van der Waals surface area contributed by atoms with Crippen LogP contribution in [0.5, 0.6) is 0 Å². The van der Waals surface area contributed by atoms with Crippen LogP contribution in [-0.4, -0.2) is 12.5 Å². The molecule has 3 nitrogen and oxygen atoms in total. The smallest absolute Gasteiger partial charge is 0.385 e. The van der Waals surface area contributed by atoms with Gasteiger partial charge in [-0.15, -0.1) is 0 Å². The summed E-state index contributed by atoms with van der Waals surface area (Å²) in [5, 5.41) is 5.19. The van der Waals surface area contributed by atoms with Gasteiger partial charge in [0.1, 0.15) is 0 Å². The van der Waals surface area contributed by atoms with Crippen LogP contribution >= 0.6 is 0 Å². The predicted octanol–water partition coefficient (Wildman–Crippen LogP) is 4.42. The van der Waals surface area contributed by atoms with Crippen molar-refractivity contribution in [1.82, 2.24) is 0 Å². The van der Waals surface area contributed by atoms with Crippen molar-refractivity contribution >= 4 is 17.3 Å². The first-order valence-corrected chi connectivity index (χ1v) is 6.92. The van der Waals surface area contributed by atoms with Gasteiger partial charge < -0.3 is 10.6 Å². The van der Waals surface area contributed by atoms with Crippen LogP contribution in [0.15, 0.2) is 42.5 Å². The third-order valence-electron chi connectivity index (χ3n) is 3.10. The summed E-state index contributed by atoms with van der Waals surface area (Å²) in [6, 6.07) is 7.36. The van der Waals surface area contributed by atoms with E-state index in [1.807, 2.05) is 0 Å². The molecule has 0 unspecified atom stereocenters. The molecule has 8 heteroatoms. The van der Waals surface area contributed by atoms with Crippen LogP contribution in [-0.2, 0) is 11.0 Å². The summed E-state index contributed by atoms with van der Waals surface area (Å²) < 4.78 is 63.0. The number of nitrogens with one attached hydrogen (secondary N) is 2. The number of halogens is 5. The fourth-order valence-corrected chi connectivity index (χ4v) is 1.89. The Bertz CT molecular complexity index is 713. The van der Waals surface area contributed by atoms with Gasteiger partial charge >= 0.3 is 6.18 Å². The number of benzene rings is 2. The highest BCUT2D eigenvalue weighted by Crippen LogP contribution is 2.29. The second-order valence-electron chi connectivity index (χ2n) is 4.93. The van der Waals surface area contributed by atoms with E-state index in [-0.39, 0.29) is 18.7 Å². The van der Waals surface area contributed by atoms with E-state index in [9.17, 15) is 26.7 Å². The van der Waals surface area contributed by atoms with Gasteiger partial charge in [-0.2, -0.15) is 13.2 Å². The van der Waals surface area contributed by atoms with Crippen molar-refractivity contribution in [3.05, 3.63) is 59.7 Å². The van der Waals surface area contributed by atoms with Crippen LogP contribution in [0.1, 0.15) is 12.0 Å². The third-order valence-corrected chi connectivity index (χ3v) is 3.10. The van der Waals surface area contributed by atoms with Crippen molar-refractivity contribution in [2.24, 2.45) is 0 Å². The zero-order valence-electron chi connectivity index (χ0n) is 12.3. The zero-order valence-corrected chi connectivity index (χ0v) is 12.3. The van der Waals surface area contributed by atoms with Crippen molar-refractivity contribution in [1.29, 1.82) is 0 Å². The summed E-state index contributed by atoms with van der Waals surface area (Å²) in [7, 11) is 0. The van der Waals surface area contributed by atoms with Crippen LogP contribution < -0.4 is 10.6 Å². The molecule has 128 valence electrons. The van der Waals surface area contributed by atoms with Gasteiger partial charge in [-0.1, -0.05) is 0 Å². The first kappa shape index (κ1) is 17.7. The molecule has 2 N–H and O–H groups in total. The molecule has 24 heavy (non-hydrogen) atoms. The highest BCUT2D eigenvalue weighted by atomic mass is 19.4. The van der Waals surface area contributed by atoms with Crippen molar-refractivity contribution in [3.63, 3.8) is 0 Å². The molecule has 2 aromatic rings. The molecule has 0 atom stereocenters. The molecule has 0 aliphatic carbocycles. The molecule has 2 rings (SSSR count). The van der Waals surface area contributed by atoms with Gasteiger partial charge in [0.2, 0.25) is 5.91 Å². The molecule has 1 amide bonds. The maximum atomic E-state index is 13.0. The Morgan fingerprint density at radius 1 is 0.917 bits per heavy atom. The topological polar surface area (TPSA) is 41.1 Å². The number of carbonyl (C=O) groups excluding carboxylic acids is 1. The van der Waals surface area contributed by atoms with E-state index in [0.29, 0.717) is 5.69 Å². The lowest BCUT2D eigenvalue weighted by Gasteiger charge is -2.10. The van der Waals surface area contributed by atoms with E-state index in [2.05, 4.69) is 10.6 Å². The molecule has 0 radical (unpaired) electrons. The number of alkyl halides is 3. The Kier molecular flexibility index (Phi) is 5.38. The molecule has 0 bridgehead atoms. The van der Waals surface area contributed by atoms with E-state index in [0.717, 1.165) is 24.3 Å². The number of rotatable bonds is 5. The molecule has 0 aliphatic heterocycles. The van der Waals surface area contributed by atoms with Crippen LogP contribution in [0.2, 0.25) is 0 Å². The molecular formula is C16H13F5N2O. The van der Waals surface area contributed by atoms with E-state index in [1.54, 1.807) is 0 Å². The van der Waals surface area contributed by atoms with Crippen molar-refractivity contribution in [2.75, 3.05) is 17.2 Å². The first-order valence-electron chi connectivity index (χ1n) is 6.92. The normalized spacial score (nSPS) is 11.2. The van der Waals surface area contributed by atoms with Gasteiger partial charge in [0.05, 0.1) is 5.56 Å². The lowest BCUT2D eigenvalue weighted by molar-refractivity contribution is -0.137. The Labute approximate surface area is 134 Å². The molecule has 0 fully saturated rings. The number of hydrogen-bond acceptors (Lipinski definition) is 2. The molecule has 2 aromatic carbocycles. The van der Waals surface area contributed by atoms with Gasteiger partial charge in [0.15, 0.2) is 11.6 Å². The average Bonchev–Trinajstić information content (AvgIpc) is 2.50. The first-order chi connectivity index (χ1) is 11.3. The Morgan fingerprint density at radius 2 is 1.54 bits per heavy atom. The Morgan fingerprint density at radius 3 is 2.12 bits per heavy atom. The molecule has 0 aliphatic rings. The highest BCUT2D eigenvalue weighted by molar-refractivity contribution is 5.90. The van der Waals surface area contributed by atoms with E-state index in [4.69, 9.17) is 0 Å². The molecular weight excluding hydrogens is 331 g/mol. The van der Waals surface area contributed by atoms with Gasteiger partial charge in [-0.25, -0.2) is 8.78 Å². The van der Waals surface area contributed by atoms with Crippen LogP contribution in [0.25, 0.3) is 0 Å². The number of amides is 1. The molecule has 0 saturated heterocycles. The number of hydrogen-bond donors (Lipinski definition) is 2. The largest absolute Gasteiger partial charge is 0.416 e. The number of carbonyl (C=O) groups is 1. The van der Waals surface area contributed by atoms with Crippen LogP contribution in [0.3, 0.4) is 0 Å². The highest BCUT2D eigenvalue weighted by Gasteiger charge is 2.29. The Balaban J connectivity index is 1.81. The summed E-state index contributed by atoms with van der Waals surface area (Å²) in [6.07, 6.45) is -4.40. The molecule has 0 spiro atoms. The number of anilines is 2. The Hall–Kier alpha value is -2.64. The summed E-state index contributed by atoms with van der Waals surface area (Å²) in [5.74, 6) is -2.53. The summed E-state index contributed by atoms with van der Waals surface area (Å²) in [5.41, 5.74) is -0.207. The quantitative estimate of drug-likeness (QED) is 0.788. The molecule has 0 aromatic heterocycles. The monoisotopic (exact) mass is 344 g/mol. The maximum absolute atomic E-state index is 13.0. The third kappa shape index (κ3) is 4.94. The zero-order chi connectivity index (χ0) is 17.7. The van der Waals surface area contributed by atoms with E-state index < -0.39 is 29.3 Å². The lowest BCUT2D eigenvalue weighted by atomic mass is 10.2. The SMILES string of the molecule is O=C(CCNc1ccc(C(F)(F)F)cc1)Nc1ccc(F)c(F)c1. The summed E-state index contributed by atoms with van der Waals surface area (Å²) in [6.45, 7) is 0.168. The van der Waals surface area contributed by atoms with Crippen LogP contribution in [0.4, 0.5) is 33.3 Å². The molecule has 0 saturated carbocycles. The van der Waals surface area contributed by atoms with Crippen molar-refractivity contribution in [2.45, 2.75) is 12.6 Å². The standard InChI is InChI=1S/C16H13F5N2O/c17-13-6-5-12(9-14(13)18)23-15(24)7-8-22-11-3-1-10(2-4-11)16(19,20)21/h1-6,9,22H,7-8H2,(H,23,24). The van der Waals surface area contributed by atoms with Crippen molar-refractivity contribution < 1.29 is 26.7 Å². The lowest BCUT2D eigenvalue weighted by Crippen LogP contribution is -2.16. The van der Waals surface area contributed by atoms with Gasteiger partial charge in [0, 0.05) is 30.4 Å². The van der Waals surface area contributed by atoms with Gasteiger partial charge in [-0.05, 0) is 36.4 Å². The van der Waals surface area contributed by atoms with Crippen LogP contribution in [0, 0.1) is 11.6 Å². The van der Waals surface area contributed by atoms with Gasteiger partial charge in [-0.3, -0.25) is 4.79 Å². The fourth-order valence-electron chi connectivity index (χ4n) is 1.89. The molecule has 0 heterocycles. The fraction of sp³-hybridized carbons (Fsp3) is 0.188. The minimum Gasteiger partial charge on any atom is -0.385 e. The minimum atomic E-state index is -4.40. The minimum absolute atomic E-state index is 0.0000176. The summed E-state index contributed by atoms with van der Waals surface area (Å²) in [4.78, 5) is 11.7. The van der Waals surface area contributed by atoms with E-state index >= 15 is 0 Å². The van der Waals surface area contributed by atoms with Crippen molar-refractivity contribution in [3.8, 4) is 0 Å². The summed E-state index contributed by atoms with van der Waals surface area (Å²) >= 11 is 0. The van der Waals surface area contributed by atoms with Gasteiger partial charge in [0.25, 0.3) is 0 Å². The second kappa shape index (κ2) is 7.29. The predicted molar refractivity (Wildman–Crippen MR) is 79.5 cm³/mol. The second-order valence-corrected chi connectivity index (χ2v) is 4.93.